The molecule has 4 nitrogen and oxygen atoms in total. The van der Waals surface area contributed by atoms with E-state index in [1.807, 2.05) is 34.9 Å². The Morgan fingerprint density at radius 1 is 0.958 bits per heavy atom. The van der Waals surface area contributed by atoms with Crippen molar-refractivity contribution in [1.82, 2.24) is 14.3 Å². The van der Waals surface area contributed by atoms with Crippen LogP contribution < -0.4 is 4.90 Å². The first-order valence-corrected chi connectivity index (χ1v) is 8.83. The molecule has 0 bridgehead atoms. The molecule has 0 aliphatic carbocycles. The SMILES string of the molecule is Fc1ccc(N2CCN(Cc3cn4cc(Br)ccc4n3)CC2)cc1. The van der Waals surface area contributed by atoms with Crippen molar-refractivity contribution in [2.24, 2.45) is 0 Å². The van der Waals surface area contributed by atoms with Crippen LogP contribution >= 0.6 is 15.9 Å². The molecular formula is C18H18BrFN4. The van der Waals surface area contributed by atoms with Gasteiger partial charge < -0.3 is 9.30 Å². The number of halogens is 2. The van der Waals surface area contributed by atoms with E-state index in [0.29, 0.717) is 0 Å². The summed E-state index contributed by atoms with van der Waals surface area (Å²) in [6.45, 7) is 4.72. The number of aromatic nitrogens is 2. The molecule has 0 amide bonds. The molecule has 1 saturated heterocycles. The van der Waals surface area contributed by atoms with Gasteiger partial charge in [0.25, 0.3) is 0 Å². The molecule has 2 aromatic heterocycles. The van der Waals surface area contributed by atoms with Gasteiger partial charge in [-0.15, -0.1) is 0 Å². The van der Waals surface area contributed by atoms with Crippen LogP contribution in [0, 0.1) is 5.82 Å². The zero-order chi connectivity index (χ0) is 16.5. The highest BCUT2D eigenvalue weighted by Gasteiger charge is 2.18. The van der Waals surface area contributed by atoms with E-state index in [9.17, 15) is 4.39 Å². The zero-order valence-electron chi connectivity index (χ0n) is 13.2. The van der Waals surface area contributed by atoms with Gasteiger partial charge in [0.2, 0.25) is 0 Å². The standard InChI is InChI=1S/C18H18BrFN4/c19-14-1-6-18-21-16(13-24(18)11-14)12-22-7-9-23(10-8-22)17-4-2-15(20)3-5-17/h1-6,11,13H,7-10,12H2. The average molecular weight is 389 g/mol. The van der Waals surface area contributed by atoms with E-state index < -0.39 is 0 Å². The lowest BCUT2D eigenvalue weighted by Crippen LogP contribution is -2.46. The number of pyridine rings is 1. The van der Waals surface area contributed by atoms with Gasteiger partial charge in [-0.1, -0.05) is 0 Å². The molecule has 1 aliphatic heterocycles. The van der Waals surface area contributed by atoms with Gasteiger partial charge in [-0.25, -0.2) is 9.37 Å². The van der Waals surface area contributed by atoms with Crippen molar-refractivity contribution >= 4 is 27.3 Å². The fourth-order valence-electron chi connectivity index (χ4n) is 3.14. The van der Waals surface area contributed by atoms with E-state index in [1.165, 1.54) is 12.1 Å². The summed E-state index contributed by atoms with van der Waals surface area (Å²) in [4.78, 5) is 9.40. The van der Waals surface area contributed by atoms with E-state index in [1.54, 1.807) is 0 Å². The van der Waals surface area contributed by atoms with Crippen LogP contribution in [0.4, 0.5) is 10.1 Å². The fraction of sp³-hybridized carbons (Fsp3) is 0.278. The maximum Gasteiger partial charge on any atom is 0.137 e. The van der Waals surface area contributed by atoms with E-state index in [4.69, 9.17) is 0 Å². The number of hydrogen-bond donors (Lipinski definition) is 0. The Hall–Kier alpha value is -1.92. The lowest BCUT2D eigenvalue weighted by Gasteiger charge is -2.35. The van der Waals surface area contributed by atoms with Crippen LogP contribution in [-0.4, -0.2) is 40.5 Å². The normalized spacial score (nSPS) is 16.0. The second-order valence-electron chi connectivity index (χ2n) is 6.08. The van der Waals surface area contributed by atoms with Crippen molar-refractivity contribution in [2.75, 3.05) is 31.1 Å². The number of rotatable bonds is 3. The average Bonchev–Trinajstić information content (AvgIpc) is 2.98. The summed E-state index contributed by atoms with van der Waals surface area (Å²) in [5, 5.41) is 0. The molecule has 3 aromatic rings. The van der Waals surface area contributed by atoms with Crippen molar-refractivity contribution in [3.8, 4) is 0 Å². The minimum absolute atomic E-state index is 0.184. The Bertz CT molecular complexity index is 838. The van der Waals surface area contributed by atoms with Crippen LogP contribution in [0.2, 0.25) is 0 Å². The molecule has 1 fully saturated rings. The van der Waals surface area contributed by atoms with Crippen LogP contribution in [0.5, 0.6) is 0 Å². The Labute approximate surface area is 148 Å². The Morgan fingerprint density at radius 3 is 2.46 bits per heavy atom. The van der Waals surface area contributed by atoms with Crippen LogP contribution in [0.15, 0.2) is 53.3 Å². The number of hydrogen-bond acceptors (Lipinski definition) is 3. The highest BCUT2D eigenvalue weighted by Crippen LogP contribution is 2.18. The molecule has 3 heterocycles. The monoisotopic (exact) mass is 388 g/mol. The zero-order valence-corrected chi connectivity index (χ0v) is 14.8. The van der Waals surface area contributed by atoms with Crippen LogP contribution in [0.25, 0.3) is 5.65 Å². The molecule has 0 atom stereocenters. The van der Waals surface area contributed by atoms with E-state index >= 15 is 0 Å². The van der Waals surface area contributed by atoms with Gasteiger partial charge in [-0.2, -0.15) is 0 Å². The van der Waals surface area contributed by atoms with Crippen molar-refractivity contribution in [1.29, 1.82) is 0 Å². The molecule has 0 N–H and O–H groups in total. The third-order valence-corrected chi connectivity index (χ3v) is 4.88. The van der Waals surface area contributed by atoms with Gasteiger partial charge in [0.15, 0.2) is 0 Å². The molecule has 1 aliphatic rings. The van der Waals surface area contributed by atoms with E-state index in [2.05, 4.69) is 36.9 Å². The van der Waals surface area contributed by atoms with Gasteiger partial charge in [-0.05, 0) is 52.3 Å². The van der Waals surface area contributed by atoms with Crippen LogP contribution in [-0.2, 0) is 6.54 Å². The third kappa shape index (κ3) is 3.30. The highest BCUT2D eigenvalue weighted by atomic mass is 79.9. The summed E-state index contributed by atoms with van der Waals surface area (Å²) >= 11 is 3.49. The van der Waals surface area contributed by atoms with Crippen molar-refractivity contribution in [2.45, 2.75) is 6.54 Å². The third-order valence-electron chi connectivity index (χ3n) is 4.41. The summed E-state index contributed by atoms with van der Waals surface area (Å²) in [6, 6.07) is 10.8. The number of fused-ring (bicyclic) bond motifs is 1. The Kier molecular flexibility index (Phi) is 4.24. The molecular weight excluding hydrogens is 371 g/mol. The summed E-state index contributed by atoms with van der Waals surface area (Å²) in [6.07, 6.45) is 4.12. The molecule has 24 heavy (non-hydrogen) atoms. The number of imidazole rings is 1. The first kappa shape index (κ1) is 15.6. The largest absolute Gasteiger partial charge is 0.369 e. The van der Waals surface area contributed by atoms with Crippen molar-refractivity contribution in [3.05, 3.63) is 64.8 Å². The number of benzene rings is 1. The maximum absolute atomic E-state index is 13.0. The summed E-state index contributed by atoms with van der Waals surface area (Å²) in [5.74, 6) is -0.184. The maximum atomic E-state index is 13.0. The molecule has 6 heteroatoms. The minimum atomic E-state index is -0.184. The summed E-state index contributed by atoms with van der Waals surface area (Å²) in [5.41, 5.74) is 3.15. The second-order valence-corrected chi connectivity index (χ2v) is 7.00. The number of nitrogens with zero attached hydrogens (tertiary/aromatic N) is 4. The summed E-state index contributed by atoms with van der Waals surface area (Å²) < 4.78 is 16.1. The van der Waals surface area contributed by atoms with Crippen molar-refractivity contribution in [3.63, 3.8) is 0 Å². The van der Waals surface area contributed by atoms with Crippen LogP contribution in [0.3, 0.4) is 0 Å². The lowest BCUT2D eigenvalue weighted by atomic mass is 10.2. The first-order valence-electron chi connectivity index (χ1n) is 8.03. The van der Waals surface area contributed by atoms with Crippen molar-refractivity contribution < 1.29 is 4.39 Å². The minimum Gasteiger partial charge on any atom is -0.369 e. The van der Waals surface area contributed by atoms with E-state index in [0.717, 1.165) is 54.2 Å². The van der Waals surface area contributed by atoms with Crippen LogP contribution in [0.1, 0.15) is 5.69 Å². The van der Waals surface area contributed by atoms with Gasteiger partial charge in [0.05, 0.1) is 5.69 Å². The predicted octanol–water partition coefficient (Wildman–Crippen LogP) is 3.56. The van der Waals surface area contributed by atoms with Gasteiger partial charge in [0, 0.05) is 55.3 Å². The topological polar surface area (TPSA) is 23.8 Å². The molecule has 4 rings (SSSR count). The lowest BCUT2D eigenvalue weighted by molar-refractivity contribution is 0.247. The smallest absolute Gasteiger partial charge is 0.137 e. The molecule has 124 valence electrons. The second kappa shape index (κ2) is 6.53. The Balaban J connectivity index is 1.39. The molecule has 0 spiro atoms. The molecule has 1 aromatic carbocycles. The Morgan fingerprint density at radius 2 is 1.71 bits per heavy atom. The fourth-order valence-corrected chi connectivity index (χ4v) is 3.49. The number of anilines is 1. The van der Waals surface area contributed by atoms with Gasteiger partial charge in [-0.3, -0.25) is 4.90 Å². The molecule has 0 saturated carbocycles. The van der Waals surface area contributed by atoms with Gasteiger partial charge >= 0.3 is 0 Å². The molecule has 0 radical (unpaired) electrons. The number of piperazine rings is 1. The van der Waals surface area contributed by atoms with Gasteiger partial charge in [0.1, 0.15) is 11.5 Å². The predicted molar refractivity (Wildman–Crippen MR) is 96.8 cm³/mol. The van der Waals surface area contributed by atoms with E-state index in [-0.39, 0.29) is 5.82 Å². The molecule has 0 unspecified atom stereocenters. The summed E-state index contributed by atoms with van der Waals surface area (Å²) in [7, 11) is 0. The highest BCUT2D eigenvalue weighted by molar-refractivity contribution is 9.10. The quantitative estimate of drug-likeness (QED) is 0.685. The first-order chi connectivity index (χ1) is 11.7.